The highest BCUT2D eigenvalue weighted by Crippen LogP contribution is 2.43. The van der Waals surface area contributed by atoms with Gasteiger partial charge in [-0.1, -0.05) is 65.3 Å². The molecule has 1 aliphatic rings. The molecule has 1 aliphatic carbocycles. The van der Waals surface area contributed by atoms with E-state index >= 15 is 0 Å². The van der Waals surface area contributed by atoms with E-state index in [1.807, 2.05) is 61.5 Å². The van der Waals surface area contributed by atoms with Crippen LogP contribution in [0.2, 0.25) is 0 Å². The van der Waals surface area contributed by atoms with Crippen molar-refractivity contribution in [3.05, 3.63) is 123 Å². The van der Waals surface area contributed by atoms with Gasteiger partial charge in [-0.05, 0) is 61.7 Å². The Morgan fingerprint density at radius 1 is 0.912 bits per heavy atom. The second-order valence-corrected chi connectivity index (χ2v) is 8.80. The van der Waals surface area contributed by atoms with E-state index in [1.54, 1.807) is 4.57 Å². The van der Waals surface area contributed by atoms with Gasteiger partial charge in [-0.15, -0.1) is 0 Å². The first-order valence-electron chi connectivity index (χ1n) is 11.4. The lowest BCUT2D eigenvalue weighted by Gasteiger charge is -2.25. The quantitative estimate of drug-likeness (QED) is 0.338. The molecule has 6 rings (SSSR count). The molecule has 0 aliphatic heterocycles. The van der Waals surface area contributed by atoms with Gasteiger partial charge in [0, 0.05) is 5.56 Å². The molecule has 0 saturated heterocycles. The molecule has 1 unspecified atom stereocenters. The van der Waals surface area contributed by atoms with Gasteiger partial charge in [0.25, 0.3) is 5.56 Å². The standard InChI is InChI=1S/C29H23N3O2/c1-18-12-14-20(15-13-18)21-16-24(27-19(2)31-34-26(27)17-21)28-30-25-11-7-6-10-23(25)29(33)32(28)22-8-4-3-5-9-22/h3-15,17,24H,16H2,1-2H3. The second kappa shape index (κ2) is 7.96. The van der Waals surface area contributed by atoms with Crippen LogP contribution < -0.4 is 5.56 Å². The van der Waals surface area contributed by atoms with Crippen molar-refractivity contribution >= 4 is 22.6 Å². The summed E-state index contributed by atoms with van der Waals surface area (Å²) in [5.41, 5.74) is 6.69. The number of hydrogen-bond donors (Lipinski definition) is 0. The van der Waals surface area contributed by atoms with Crippen LogP contribution in [0.3, 0.4) is 0 Å². The number of allylic oxidation sites excluding steroid dienone is 1. The van der Waals surface area contributed by atoms with Gasteiger partial charge in [0.1, 0.15) is 5.82 Å². The van der Waals surface area contributed by atoms with E-state index < -0.39 is 0 Å². The largest absolute Gasteiger partial charge is 0.356 e. The maximum atomic E-state index is 13.8. The first kappa shape index (κ1) is 20.4. The van der Waals surface area contributed by atoms with Gasteiger partial charge >= 0.3 is 0 Å². The van der Waals surface area contributed by atoms with Crippen LogP contribution in [0.15, 0.2) is 88.2 Å². The Balaban J connectivity index is 1.62. The number of aromatic nitrogens is 3. The van der Waals surface area contributed by atoms with E-state index in [0.717, 1.165) is 33.8 Å². The molecule has 2 aromatic heterocycles. The van der Waals surface area contributed by atoms with Crippen LogP contribution in [0.1, 0.15) is 46.3 Å². The predicted octanol–water partition coefficient (Wildman–Crippen LogP) is 6.07. The summed E-state index contributed by atoms with van der Waals surface area (Å²) in [5.74, 6) is 1.24. The average molecular weight is 446 g/mol. The van der Waals surface area contributed by atoms with Crippen molar-refractivity contribution in [2.45, 2.75) is 26.2 Å². The fraction of sp³-hybridized carbons (Fsp3) is 0.138. The lowest BCUT2D eigenvalue weighted by Crippen LogP contribution is -2.27. The first-order valence-corrected chi connectivity index (χ1v) is 11.4. The predicted molar refractivity (Wildman–Crippen MR) is 134 cm³/mol. The minimum Gasteiger partial charge on any atom is -0.356 e. The molecule has 1 atom stereocenters. The molecular weight excluding hydrogens is 422 g/mol. The van der Waals surface area contributed by atoms with Crippen molar-refractivity contribution in [2.24, 2.45) is 0 Å². The molecule has 5 heteroatoms. The Morgan fingerprint density at radius 3 is 2.44 bits per heavy atom. The van der Waals surface area contributed by atoms with Crippen molar-refractivity contribution < 1.29 is 4.52 Å². The highest BCUT2D eigenvalue weighted by Gasteiger charge is 2.33. The number of fused-ring (bicyclic) bond motifs is 2. The molecule has 5 nitrogen and oxygen atoms in total. The third-order valence-corrected chi connectivity index (χ3v) is 6.56. The van der Waals surface area contributed by atoms with Gasteiger partial charge in [-0.25, -0.2) is 4.98 Å². The molecule has 3 aromatic carbocycles. The zero-order chi connectivity index (χ0) is 23.2. The number of aryl methyl sites for hydroxylation is 2. The lowest BCUT2D eigenvalue weighted by atomic mass is 9.82. The van der Waals surface area contributed by atoms with E-state index in [2.05, 4.69) is 42.4 Å². The maximum Gasteiger partial charge on any atom is 0.265 e. The SMILES string of the molecule is Cc1ccc(C2=Cc3onc(C)c3C(c3nc4ccccc4c(=O)n3-c3ccccc3)C2)cc1. The average Bonchev–Trinajstić information content (AvgIpc) is 3.25. The molecule has 0 fully saturated rings. The molecule has 34 heavy (non-hydrogen) atoms. The van der Waals surface area contributed by atoms with Crippen molar-refractivity contribution in [2.75, 3.05) is 0 Å². The molecule has 0 amide bonds. The number of rotatable bonds is 3. The fourth-order valence-electron chi connectivity index (χ4n) is 4.86. The molecule has 0 radical (unpaired) electrons. The molecule has 5 aromatic rings. The molecule has 166 valence electrons. The van der Waals surface area contributed by atoms with E-state index in [-0.39, 0.29) is 11.5 Å². The highest BCUT2D eigenvalue weighted by atomic mass is 16.5. The second-order valence-electron chi connectivity index (χ2n) is 8.80. The third-order valence-electron chi connectivity index (χ3n) is 6.56. The Labute approximate surface area is 197 Å². The van der Waals surface area contributed by atoms with Crippen molar-refractivity contribution in [3.63, 3.8) is 0 Å². The van der Waals surface area contributed by atoms with E-state index in [4.69, 9.17) is 9.51 Å². The molecule has 2 heterocycles. The number of hydrogen-bond acceptors (Lipinski definition) is 4. The van der Waals surface area contributed by atoms with Crippen molar-refractivity contribution in [3.8, 4) is 5.69 Å². The summed E-state index contributed by atoms with van der Waals surface area (Å²) in [7, 11) is 0. The third kappa shape index (κ3) is 3.28. The Bertz CT molecular complexity index is 1610. The van der Waals surface area contributed by atoms with Crippen molar-refractivity contribution in [1.82, 2.24) is 14.7 Å². The fourth-order valence-corrected chi connectivity index (χ4v) is 4.86. The number of benzene rings is 3. The summed E-state index contributed by atoms with van der Waals surface area (Å²) >= 11 is 0. The molecule has 0 saturated carbocycles. The van der Waals surface area contributed by atoms with Gasteiger partial charge in [0.15, 0.2) is 5.76 Å². The Hall–Kier alpha value is -4.25. The minimum atomic E-state index is -0.180. The van der Waals surface area contributed by atoms with Crippen LogP contribution in [0.5, 0.6) is 0 Å². The topological polar surface area (TPSA) is 60.9 Å². The van der Waals surface area contributed by atoms with E-state index in [9.17, 15) is 4.79 Å². The molecule has 0 spiro atoms. The lowest BCUT2D eigenvalue weighted by molar-refractivity contribution is 0.406. The minimum absolute atomic E-state index is 0.0751. The highest BCUT2D eigenvalue weighted by molar-refractivity contribution is 5.85. The molecular formula is C29H23N3O2. The first-order chi connectivity index (χ1) is 16.6. The zero-order valence-electron chi connectivity index (χ0n) is 19.0. The Kier molecular flexibility index (Phi) is 4.77. The monoisotopic (exact) mass is 445 g/mol. The normalized spacial score (nSPS) is 15.2. The van der Waals surface area contributed by atoms with Crippen LogP contribution in [0, 0.1) is 13.8 Å². The van der Waals surface area contributed by atoms with Gasteiger partial charge in [0.2, 0.25) is 0 Å². The smallest absolute Gasteiger partial charge is 0.265 e. The summed E-state index contributed by atoms with van der Waals surface area (Å²) in [6.45, 7) is 4.03. The van der Waals surface area contributed by atoms with Gasteiger partial charge in [0.05, 0.1) is 28.2 Å². The van der Waals surface area contributed by atoms with Crippen LogP contribution >= 0.6 is 0 Å². The summed E-state index contributed by atoms with van der Waals surface area (Å²) in [5, 5.41) is 4.87. The summed E-state index contributed by atoms with van der Waals surface area (Å²) in [6, 6.07) is 25.7. The van der Waals surface area contributed by atoms with Crippen molar-refractivity contribution in [1.29, 1.82) is 0 Å². The van der Waals surface area contributed by atoms with E-state index in [0.29, 0.717) is 23.1 Å². The number of nitrogens with zero attached hydrogens (tertiary/aromatic N) is 3. The summed E-state index contributed by atoms with van der Waals surface area (Å²) < 4.78 is 7.49. The van der Waals surface area contributed by atoms with E-state index in [1.165, 1.54) is 5.56 Å². The maximum absolute atomic E-state index is 13.8. The van der Waals surface area contributed by atoms with Crippen LogP contribution in [0.4, 0.5) is 0 Å². The Morgan fingerprint density at radius 2 is 1.65 bits per heavy atom. The van der Waals surface area contributed by atoms with Gasteiger partial charge in [-0.3, -0.25) is 9.36 Å². The summed E-state index contributed by atoms with van der Waals surface area (Å²) in [4.78, 5) is 18.9. The van der Waals surface area contributed by atoms with Crippen LogP contribution in [0.25, 0.3) is 28.2 Å². The van der Waals surface area contributed by atoms with Gasteiger partial charge < -0.3 is 4.52 Å². The number of para-hydroxylation sites is 2. The van der Waals surface area contributed by atoms with Gasteiger partial charge in [-0.2, -0.15) is 0 Å². The molecule has 0 N–H and O–H groups in total. The van der Waals surface area contributed by atoms with Crippen LogP contribution in [-0.4, -0.2) is 14.7 Å². The molecule has 0 bridgehead atoms. The summed E-state index contributed by atoms with van der Waals surface area (Å²) in [6.07, 6.45) is 2.76. The zero-order valence-corrected chi connectivity index (χ0v) is 19.0. The van der Waals surface area contributed by atoms with Crippen LogP contribution in [-0.2, 0) is 0 Å².